The van der Waals surface area contributed by atoms with Gasteiger partial charge in [-0.15, -0.1) is 12.4 Å². The zero-order chi connectivity index (χ0) is 18.7. The molecule has 2 aromatic rings. The normalized spacial score (nSPS) is 21.1. The minimum atomic E-state index is -0.647. The molecule has 0 aromatic heterocycles. The van der Waals surface area contributed by atoms with Gasteiger partial charge >= 0.3 is 5.97 Å². The van der Waals surface area contributed by atoms with Crippen molar-refractivity contribution in [1.29, 1.82) is 0 Å². The highest BCUT2D eigenvalue weighted by Crippen LogP contribution is 2.37. The smallest absolute Gasteiger partial charge is 0.310 e. The Morgan fingerprint density at radius 3 is 2.18 bits per heavy atom. The number of carbonyl (C=O) groups is 1. The van der Waals surface area contributed by atoms with Crippen molar-refractivity contribution < 1.29 is 9.90 Å². The molecule has 150 valence electrons. The fourth-order valence-electron chi connectivity index (χ4n) is 4.66. The standard InChI is InChI=1S/C23H28N2O2.ClH/c26-22(27)23(13-5-15-24-17-23)14-6-16-25-20-9-3-1-7-18(20)11-12-19-8-2-4-10-21(19)25;/h1-4,7-10,24H,5-6,11-17H2,(H,26,27);1H/t23-;/m0./s1. The number of benzene rings is 2. The molecular formula is C23H29ClN2O2. The van der Waals surface area contributed by atoms with E-state index in [0.29, 0.717) is 6.54 Å². The number of aliphatic carboxylic acids is 1. The Balaban J connectivity index is 0.00000225. The molecule has 5 heteroatoms. The first-order valence-electron chi connectivity index (χ1n) is 10.1. The zero-order valence-electron chi connectivity index (χ0n) is 16.2. The number of carboxylic acids is 1. The number of anilines is 2. The van der Waals surface area contributed by atoms with Gasteiger partial charge in [0.2, 0.25) is 0 Å². The number of nitrogens with zero attached hydrogens (tertiary/aromatic N) is 1. The topological polar surface area (TPSA) is 52.6 Å². The first-order chi connectivity index (χ1) is 13.2. The van der Waals surface area contributed by atoms with E-state index in [9.17, 15) is 9.90 Å². The van der Waals surface area contributed by atoms with Gasteiger partial charge in [0.25, 0.3) is 0 Å². The number of para-hydroxylation sites is 2. The van der Waals surface area contributed by atoms with Crippen LogP contribution in [-0.4, -0.2) is 30.7 Å². The maximum absolute atomic E-state index is 12.0. The van der Waals surface area contributed by atoms with Crippen LogP contribution in [0.3, 0.4) is 0 Å². The van der Waals surface area contributed by atoms with E-state index in [2.05, 4.69) is 58.7 Å². The van der Waals surface area contributed by atoms with Crippen LogP contribution >= 0.6 is 12.4 Å². The molecule has 4 nitrogen and oxygen atoms in total. The van der Waals surface area contributed by atoms with E-state index in [4.69, 9.17) is 0 Å². The summed E-state index contributed by atoms with van der Waals surface area (Å²) in [6.45, 7) is 2.38. The minimum Gasteiger partial charge on any atom is -0.481 e. The average Bonchev–Trinajstić information content (AvgIpc) is 2.86. The van der Waals surface area contributed by atoms with E-state index in [1.165, 1.54) is 22.5 Å². The highest BCUT2D eigenvalue weighted by molar-refractivity contribution is 5.85. The fraction of sp³-hybridized carbons (Fsp3) is 0.435. The molecule has 2 heterocycles. The van der Waals surface area contributed by atoms with Crippen LogP contribution in [0, 0.1) is 5.41 Å². The molecule has 0 unspecified atom stereocenters. The second kappa shape index (κ2) is 8.97. The number of rotatable bonds is 5. The Kier molecular flexibility index (Phi) is 6.63. The van der Waals surface area contributed by atoms with Crippen LogP contribution in [0.2, 0.25) is 0 Å². The molecule has 1 saturated heterocycles. The number of hydrogen-bond acceptors (Lipinski definition) is 3. The van der Waals surface area contributed by atoms with Gasteiger partial charge in [-0.2, -0.15) is 0 Å². The third-order valence-corrected chi connectivity index (χ3v) is 6.19. The van der Waals surface area contributed by atoms with E-state index < -0.39 is 11.4 Å². The summed E-state index contributed by atoms with van der Waals surface area (Å²) < 4.78 is 0. The Morgan fingerprint density at radius 2 is 1.64 bits per heavy atom. The number of carboxylic acid groups (broad SMARTS) is 1. The van der Waals surface area contributed by atoms with Crippen LogP contribution in [0.1, 0.15) is 36.8 Å². The lowest BCUT2D eigenvalue weighted by molar-refractivity contribution is -0.150. The van der Waals surface area contributed by atoms with Gasteiger partial charge in [-0.25, -0.2) is 0 Å². The summed E-state index contributed by atoms with van der Waals surface area (Å²) in [4.78, 5) is 14.4. The molecule has 2 aliphatic rings. The summed E-state index contributed by atoms with van der Waals surface area (Å²) in [6, 6.07) is 17.3. The Hall–Kier alpha value is -2.04. The summed E-state index contributed by atoms with van der Waals surface area (Å²) >= 11 is 0. The summed E-state index contributed by atoms with van der Waals surface area (Å²) in [5.74, 6) is -0.647. The molecule has 1 fully saturated rings. The van der Waals surface area contributed by atoms with Gasteiger partial charge in [-0.1, -0.05) is 36.4 Å². The first kappa shape index (κ1) is 20.7. The molecule has 2 aromatic carbocycles. The van der Waals surface area contributed by atoms with Crippen LogP contribution in [0.4, 0.5) is 11.4 Å². The highest BCUT2D eigenvalue weighted by Gasteiger charge is 2.39. The number of aryl methyl sites for hydroxylation is 2. The van der Waals surface area contributed by atoms with Crippen molar-refractivity contribution >= 4 is 29.8 Å². The SMILES string of the molecule is Cl.O=C(O)[C@]1(CCCN2c3ccccc3CCc3ccccc32)CCCNC1. The molecule has 0 saturated carbocycles. The van der Waals surface area contributed by atoms with Crippen molar-refractivity contribution in [2.75, 3.05) is 24.5 Å². The lowest BCUT2D eigenvalue weighted by Gasteiger charge is -2.35. The molecule has 1 atom stereocenters. The maximum Gasteiger partial charge on any atom is 0.310 e. The van der Waals surface area contributed by atoms with Gasteiger partial charge in [0.1, 0.15) is 0 Å². The van der Waals surface area contributed by atoms with E-state index in [-0.39, 0.29) is 12.4 Å². The largest absolute Gasteiger partial charge is 0.481 e. The third kappa shape index (κ3) is 4.03. The van der Waals surface area contributed by atoms with Crippen LogP contribution in [0.25, 0.3) is 0 Å². The predicted octanol–water partition coefficient (Wildman–Crippen LogP) is 4.58. The molecule has 0 radical (unpaired) electrons. The van der Waals surface area contributed by atoms with Crippen LogP contribution < -0.4 is 10.2 Å². The molecule has 2 aliphatic heterocycles. The molecule has 28 heavy (non-hydrogen) atoms. The number of hydrogen-bond donors (Lipinski definition) is 2. The quantitative estimate of drug-likeness (QED) is 0.771. The van der Waals surface area contributed by atoms with Crippen molar-refractivity contribution in [3.63, 3.8) is 0 Å². The summed E-state index contributed by atoms with van der Waals surface area (Å²) in [5, 5.41) is 13.1. The molecule has 0 aliphatic carbocycles. The average molecular weight is 401 g/mol. The number of halogens is 1. The van der Waals surface area contributed by atoms with E-state index in [0.717, 1.165) is 51.6 Å². The van der Waals surface area contributed by atoms with Gasteiger partial charge in [0, 0.05) is 24.5 Å². The van der Waals surface area contributed by atoms with E-state index in [1.54, 1.807) is 0 Å². The molecule has 0 spiro atoms. The van der Waals surface area contributed by atoms with Crippen molar-refractivity contribution in [3.05, 3.63) is 59.7 Å². The van der Waals surface area contributed by atoms with Crippen LogP contribution in [0.15, 0.2) is 48.5 Å². The van der Waals surface area contributed by atoms with Crippen LogP contribution in [0.5, 0.6) is 0 Å². The van der Waals surface area contributed by atoms with Gasteiger partial charge in [0.05, 0.1) is 5.41 Å². The van der Waals surface area contributed by atoms with Gasteiger partial charge in [-0.3, -0.25) is 4.79 Å². The highest BCUT2D eigenvalue weighted by atomic mass is 35.5. The molecule has 0 amide bonds. The summed E-state index contributed by atoms with van der Waals surface area (Å²) in [6.07, 6.45) is 5.41. The molecular weight excluding hydrogens is 372 g/mol. The fourth-order valence-corrected chi connectivity index (χ4v) is 4.66. The Bertz CT molecular complexity index is 770. The van der Waals surface area contributed by atoms with Crippen molar-refractivity contribution in [2.45, 2.75) is 38.5 Å². The Morgan fingerprint density at radius 1 is 1.04 bits per heavy atom. The lowest BCUT2D eigenvalue weighted by atomic mass is 9.77. The monoisotopic (exact) mass is 400 g/mol. The third-order valence-electron chi connectivity index (χ3n) is 6.19. The second-order valence-electron chi connectivity index (χ2n) is 7.88. The van der Waals surface area contributed by atoms with Crippen molar-refractivity contribution in [2.24, 2.45) is 5.41 Å². The Labute approximate surface area is 173 Å². The lowest BCUT2D eigenvalue weighted by Crippen LogP contribution is -2.45. The van der Waals surface area contributed by atoms with Crippen LogP contribution in [-0.2, 0) is 17.6 Å². The number of nitrogens with one attached hydrogen (secondary N) is 1. The summed E-state index contributed by atoms with van der Waals surface area (Å²) in [5.41, 5.74) is 4.69. The second-order valence-corrected chi connectivity index (χ2v) is 7.88. The van der Waals surface area contributed by atoms with Crippen molar-refractivity contribution in [3.8, 4) is 0 Å². The van der Waals surface area contributed by atoms with Crippen molar-refractivity contribution in [1.82, 2.24) is 5.32 Å². The first-order valence-corrected chi connectivity index (χ1v) is 10.1. The maximum atomic E-state index is 12.0. The summed E-state index contributed by atoms with van der Waals surface area (Å²) in [7, 11) is 0. The predicted molar refractivity (Wildman–Crippen MR) is 116 cm³/mol. The molecule has 0 bridgehead atoms. The molecule has 4 rings (SSSR count). The van der Waals surface area contributed by atoms with E-state index in [1.807, 2.05) is 0 Å². The minimum absolute atomic E-state index is 0. The molecule has 2 N–H and O–H groups in total. The number of piperidine rings is 1. The van der Waals surface area contributed by atoms with Gasteiger partial charge < -0.3 is 15.3 Å². The van der Waals surface area contributed by atoms with Gasteiger partial charge in [0.15, 0.2) is 0 Å². The van der Waals surface area contributed by atoms with E-state index >= 15 is 0 Å². The zero-order valence-corrected chi connectivity index (χ0v) is 17.0. The van der Waals surface area contributed by atoms with Gasteiger partial charge in [-0.05, 0) is 68.3 Å². The number of fused-ring (bicyclic) bond motifs is 2.